The zero-order chi connectivity index (χ0) is 12.3. The van der Waals surface area contributed by atoms with E-state index in [1.807, 2.05) is 13.0 Å². The Morgan fingerprint density at radius 3 is 2.76 bits per heavy atom. The van der Waals surface area contributed by atoms with Crippen molar-refractivity contribution in [1.82, 2.24) is 5.32 Å². The molecular formula is C13H17FN2O. The molecule has 0 bridgehead atoms. The molecule has 3 nitrogen and oxygen atoms in total. The highest BCUT2D eigenvalue weighted by atomic mass is 19.1. The maximum absolute atomic E-state index is 12.7. The first-order chi connectivity index (χ1) is 8.13. The fourth-order valence-electron chi connectivity index (χ4n) is 1.99. The third-order valence-corrected chi connectivity index (χ3v) is 2.77. The molecule has 1 aromatic rings. The Hall–Kier alpha value is -1.71. The molecule has 1 aromatic carbocycles. The third-order valence-electron chi connectivity index (χ3n) is 2.77. The number of halogens is 1. The minimum Gasteiger partial charge on any atom is -0.491 e. The number of nitrogens with one attached hydrogen (secondary N) is 1. The summed E-state index contributed by atoms with van der Waals surface area (Å²) in [5, 5.41) is 3.08. The van der Waals surface area contributed by atoms with Gasteiger partial charge in [0, 0.05) is 12.5 Å². The van der Waals surface area contributed by atoms with Gasteiger partial charge in [-0.3, -0.25) is 0 Å². The minimum absolute atomic E-state index is 0.0782. The van der Waals surface area contributed by atoms with Crippen LogP contribution in [0.4, 0.5) is 4.39 Å². The highest BCUT2D eigenvalue weighted by Crippen LogP contribution is 2.19. The fourth-order valence-corrected chi connectivity index (χ4v) is 1.99. The van der Waals surface area contributed by atoms with Crippen LogP contribution in [0.5, 0.6) is 5.75 Å². The van der Waals surface area contributed by atoms with Crippen LogP contribution in [0.1, 0.15) is 13.3 Å². The highest BCUT2D eigenvalue weighted by molar-refractivity contribution is 5.22. The largest absolute Gasteiger partial charge is 0.491 e. The van der Waals surface area contributed by atoms with E-state index in [0.29, 0.717) is 11.7 Å². The van der Waals surface area contributed by atoms with Crippen LogP contribution in [0.2, 0.25) is 0 Å². The van der Waals surface area contributed by atoms with E-state index in [1.165, 1.54) is 12.1 Å². The second kappa shape index (κ2) is 5.08. The van der Waals surface area contributed by atoms with E-state index in [0.717, 1.165) is 18.8 Å². The highest BCUT2D eigenvalue weighted by Gasteiger charge is 2.17. The first-order valence-electron chi connectivity index (χ1n) is 5.77. The smallest absolute Gasteiger partial charge is 0.123 e. The number of rotatable bonds is 4. The van der Waals surface area contributed by atoms with Gasteiger partial charge in [0.15, 0.2) is 0 Å². The monoisotopic (exact) mass is 236 g/mol. The van der Waals surface area contributed by atoms with Crippen LogP contribution in [0.25, 0.3) is 0 Å². The molecule has 1 heterocycles. The molecule has 1 aliphatic rings. The van der Waals surface area contributed by atoms with Gasteiger partial charge in [0.1, 0.15) is 11.6 Å². The van der Waals surface area contributed by atoms with Gasteiger partial charge in [0.25, 0.3) is 0 Å². The molecule has 4 heteroatoms. The molecule has 0 fully saturated rings. The Morgan fingerprint density at radius 2 is 2.18 bits per heavy atom. The van der Waals surface area contributed by atoms with Crippen molar-refractivity contribution in [3.63, 3.8) is 0 Å². The Kier molecular flexibility index (Phi) is 3.52. The Labute approximate surface area is 100 Å². The minimum atomic E-state index is -0.249. The van der Waals surface area contributed by atoms with Crippen molar-refractivity contribution in [3.05, 3.63) is 42.0 Å². The molecule has 0 unspecified atom stereocenters. The van der Waals surface area contributed by atoms with E-state index in [2.05, 4.69) is 5.32 Å². The molecule has 0 saturated carbocycles. The second-order valence-corrected chi connectivity index (χ2v) is 4.38. The van der Waals surface area contributed by atoms with Crippen LogP contribution in [0, 0.1) is 11.7 Å². The maximum atomic E-state index is 12.7. The molecule has 0 spiro atoms. The maximum Gasteiger partial charge on any atom is 0.123 e. The van der Waals surface area contributed by atoms with Crippen LogP contribution in [-0.4, -0.2) is 12.6 Å². The summed E-state index contributed by atoms with van der Waals surface area (Å²) in [6.07, 6.45) is 2.99. The van der Waals surface area contributed by atoms with Crippen LogP contribution in [0.3, 0.4) is 0 Å². The molecule has 0 radical (unpaired) electrons. The summed E-state index contributed by atoms with van der Waals surface area (Å²) >= 11 is 0. The van der Waals surface area contributed by atoms with Crippen molar-refractivity contribution in [2.75, 3.05) is 6.54 Å². The first kappa shape index (κ1) is 11.8. The van der Waals surface area contributed by atoms with Gasteiger partial charge >= 0.3 is 0 Å². The van der Waals surface area contributed by atoms with Crippen LogP contribution < -0.4 is 15.8 Å². The van der Waals surface area contributed by atoms with E-state index in [-0.39, 0.29) is 11.9 Å². The SMILES string of the molecule is C[C@@H](C[C@H]1C=C(N)NC1)Oc1ccc(F)cc1. The molecule has 2 rings (SSSR count). The molecule has 0 saturated heterocycles. The lowest BCUT2D eigenvalue weighted by Crippen LogP contribution is -2.20. The lowest BCUT2D eigenvalue weighted by molar-refractivity contribution is 0.196. The van der Waals surface area contributed by atoms with Crippen LogP contribution >= 0.6 is 0 Å². The number of hydrogen-bond acceptors (Lipinski definition) is 3. The summed E-state index contributed by atoms with van der Waals surface area (Å²) in [5.74, 6) is 1.59. The topological polar surface area (TPSA) is 47.3 Å². The Morgan fingerprint density at radius 1 is 1.47 bits per heavy atom. The standard InChI is InChI=1S/C13H17FN2O/c1-9(6-10-7-13(15)16-8-10)17-12-4-2-11(14)3-5-12/h2-5,7,9-10,16H,6,8,15H2,1H3/t9-,10-/m0/s1. The van der Waals surface area contributed by atoms with Gasteiger partial charge in [-0.15, -0.1) is 0 Å². The number of nitrogens with two attached hydrogens (primary N) is 1. The summed E-state index contributed by atoms with van der Waals surface area (Å²) in [5.41, 5.74) is 5.64. The average Bonchev–Trinajstić information content (AvgIpc) is 2.67. The van der Waals surface area contributed by atoms with Gasteiger partial charge in [-0.25, -0.2) is 4.39 Å². The molecule has 0 aromatic heterocycles. The molecule has 17 heavy (non-hydrogen) atoms. The predicted molar refractivity (Wildman–Crippen MR) is 64.9 cm³/mol. The van der Waals surface area contributed by atoms with Gasteiger partial charge in [0.05, 0.1) is 11.9 Å². The summed E-state index contributed by atoms with van der Waals surface area (Å²) in [6.45, 7) is 2.87. The second-order valence-electron chi connectivity index (χ2n) is 4.38. The van der Waals surface area contributed by atoms with E-state index >= 15 is 0 Å². The lowest BCUT2D eigenvalue weighted by atomic mass is 10.0. The van der Waals surface area contributed by atoms with Crippen LogP contribution in [-0.2, 0) is 0 Å². The van der Waals surface area contributed by atoms with E-state index in [9.17, 15) is 4.39 Å². The van der Waals surface area contributed by atoms with Crippen molar-refractivity contribution >= 4 is 0 Å². The van der Waals surface area contributed by atoms with Gasteiger partial charge in [0.2, 0.25) is 0 Å². The molecule has 0 aliphatic carbocycles. The fraction of sp³-hybridized carbons (Fsp3) is 0.385. The van der Waals surface area contributed by atoms with Crippen molar-refractivity contribution in [2.24, 2.45) is 11.7 Å². The third kappa shape index (κ3) is 3.37. The van der Waals surface area contributed by atoms with Crippen molar-refractivity contribution in [3.8, 4) is 5.75 Å². The van der Waals surface area contributed by atoms with Crippen molar-refractivity contribution < 1.29 is 9.13 Å². The van der Waals surface area contributed by atoms with Gasteiger partial charge in [-0.2, -0.15) is 0 Å². The zero-order valence-electron chi connectivity index (χ0n) is 9.82. The quantitative estimate of drug-likeness (QED) is 0.840. The number of benzene rings is 1. The first-order valence-corrected chi connectivity index (χ1v) is 5.77. The Bertz CT molecular complexity index is 402. The molecule has 0 amide bonds. The summed E-state index contributed by atoms with van der Waals surface area (Å²) in [6, 6.07) is 6.08. The van der Waals surface area contributed by atoms with Gasteiger partial charge < -0.3 is 15.8 Å². The summed E-state index contributed by atoms with van der Waals surface area (Å²) < 4.78 is 18.4. The summed E-state index contributed by atoms with van der Waals surface area (Å²) in [7, 11) is 0. The Balaban J connectivity index is 1.85. The molecule has 92 valence electrons. The summed E-state index contributed by atoms with van der Waals surface area (Å²) in [4.78, 5) is 0. The lowest BCUT2D eigenvalue weighted by Gasteiger charge is -2.17. The molecule has 3 N–H and O–H groups in total. The molecule has 1 aliphatic heterocycles. The van der Waals surface area contributed by atoms with Gasteiger partial charge in [-0.05, 0) is 43.7 Å². The van der Waals surface area contributed by atoms with Crippen molar-refractivity contribution in [2.45, 2.75) is 19.4 Å². The molecular weight excluding hydrogens is 219 g/mol. The normalized spacial score (nSPS) is 20.6. The van der Waals surface area contributed by atoms with E-state index < -0.39 is 0 Å². The van der Waals surface area contributed by atoms with E-state index in [1.54, 1.807) is 12.1 Å². The van der Waals surface area contributed by atoms with Crippen LogP contribution in [0.15, 0.2) is 36.2 Å². The number of ether oxygens (including phenoxy) is 1. The van der Waals surface area contributed by atoms with Gasteiger partial charge in [-0.1, -0.05) is 0 Å². The van der Waals surface area contributed by atoms with E-state index in [4.69, 9.17) is 10.5 Å². The average molecular weight is 236 g/mol. The predicted octanol–water partition coefficient (Wildman–Crippen LogP) is 2.00. The molecule has 2 atom stereocenters. The zero-order valence-corrected chi connectivity index (χ0v) is 9.82. The van der Waals surface area contributed by atoms with Crippen molar-refractivity contribution in [1.29, 1.82) is 0 Å². The number of hydrogen-bond donors (Lipinski definition) is 2.